The average Bonchev–Trinajstić information content (AvgIpc) is 2.80. The summed E-state index contributed by atoms with van der Waals surface area (Å²) in [6, 6.07) is 16.8. The zero-order valence-electron chi connectivity index (χ0n) is 11.2. The fraction of sp³-hybridized carbons (Fsp3) is 0.294. The topological polar surface area (TPSA) is 32.3 Å². The lowest BCUT2D eigenvalue weighted by molar-refractivity contribution is 0.216. The summed E-state index contributed by atoms with van der Waals surface area (Å²) in [5, 5.41) is 13.4. The highest BCUT2D eigenvalue weighted by atomic mass is 16.3. The maximum atomic E-state index is 9.84. The van der Waals surface area contributed by atoms with Crippen LogP contribution in [0.2, 0.25) is 0 Å². The van der Waals surface area contributed by atoms with Crippen molar-refractivity contribution in [1.29, 1.82) is 0 Å². The third-order valence-electron chi connectivity index (χ3n) is 3.94. The number of hydrogen-bond acceptors (Lipinski definition) is 2. The molecule has 98 valence electrons. The number of aryl methyl sites for hydroxylation is 1. The van der Waals surface area contributed by atoms with E-state index in [0.717, 1.165) is 18.5 Å². The minimum atomic E-state index is -0.251. The fourth-order valence-corrected chi connectivity index (χ4v) is 2.88. The van der Waals surface area contributed by atoms with Crippen LogP contribution in [0.3, 0.4) is 0 Å². The van der Waals surface area contributed by atoms with E-state index in [9.17, 15) is 5.11 Å². The molecule has 2 N–H and O–H groups in total. The molecule has 1 aliphatic carbocycles. The van der Waals surface area contributed by atoms with E-state index in [1.165, 1.54) is 16.7 Å². The molecule has 2 heteroatoms. The molecule has 0 unspecified atom stereocenters. The molecule has 1 aliphatic rings. The zero-order chi connectivity index (χ0) is 13.3. The van der Waals surface area contributed by atoms with Crippen molar-refractivity contribution in [2.75, 3.05) is 11.9 Å². The number of hydrogen-bond donors (Lipinski definition) is 2. The first kappa shape index (κ1) is 12.2. The molecule has 0 saturated heterocycles. The third kappa shape index (κ3) is 2.36. The lowest BCUT2D eigenvalue weighted by Crippen LogP contribution is -2.43. The van der Waals surface area contributed by atoms with Gasteiger partial charge < -0.3 is 10.4 Å². The number of benzene rings is 2. The Morgan fingerprint density at radius 1 is 1.00 bits per heavy atom. The normalized spacial score (nSPS) is 16.1. The van der Waals surface area contributed by atoms with Crippen molar-refractivity contribution >= 4 is 5.69 Å². The molecule has 0 amide bonds. The predicted molar refractivity (Wildman–Crippen MR) is 78.5 cm³/mol. The number of anilines is 1. The van der Waals surface area contributed by atoms with Crippen molar-refractivity contribution < 1.29 is 5.11 Å². The van der Waals surface area contributed by atoms with Gasteiger partial charge >= 0.3 is 0 Å². The summed E-state index contributed by atoms with van der Waals surface area (Å²) >= 11 is 0. The van der Waals surface area contributed by atoms with Gasteiger partial charge in [-0.25, -0.2) is 0 Å². The van der Waals surface area contributed by atoms with Gasteiger partial charge in [-0.15, -0.1) is 0 Å². The first-order chi connectivity index (χ1) is 9.21. The highest BCUT2D eigenvalue weighted by molar-refractivity contribution is 5.50. The molecule has 0 radical (unpaired) electrons. The highest BCUT2D eigenvalue weighted by Gasteiger charge is 2.36. The van der Waals surface area contributed by atoms with E-state index in [-0.39, 0.29) is 12.1 Å². The molecule has 2 nitrogen and oxygen atoms in total. The number of aliphatic hydroxyl groups excluding tert-OH is 1. The van der Waals surface area contributed by atoms with E-state index < -0.39 is 0 Å². The van der Waals surface area contributed by atoms with E-state index >= 15 is 0 Å². The molecule has 3 rings (SSSR count). The van der Waals surface area contributed by atoms with Gasteiger partial charge in [-0.1, -0.05) is 42.0 Å². The number of fused-ring (bicyclic) bond motifs is 1. The van der Waals surface area contributed by atoms with Crippen LogP contribution in [0.15, 0.2) is 48.5 Å². The predicted octanol–water partition coefficient (Wildman–Crippen LogP) is 2.94. The maximum absolute atomic E-state index is 9.84. The Morgan fingerprint density at radius 2 is 1.58 bits per heavy atom. The van der Waals surface area contributed by atoms with Gasteiger partial charge in [0.2, 0.25) is 0 Å². The Morgan fingerprint density at radius 3 is 2.11 bits per heavy atom. The van der Waals surface area contributed by atoms with Gasteiger partial charge in [-0.3, -0.25) is 0 Å². The summed E-state index contributed by atoms with van der Waals surface area (Å²) in [5.74, 6) is 0. The molecule has 0 atom stereocenters. The minimum absolute atomic E-state index is 0.148. The number of aliphatic hydroxyl groups is 1. The second-order valence-electron chi connectivity index (χ2n) is 5.55. The van der Waals surface area contributed by atoms with Crippen LogP contribution in [0, 0.1) is 6.92 Å². The van der Waals surface area contributed by atoms with Gasteiger partial charge in [0.15, 0.2) is 0 Å². The van der Waals surface area contributed by atoms with E-state index in [2.05, 4.69) is 60.8 Å². The number of rotatable bonds is 3. The molecule has 0 spiro atoms. The van der Waals surface area contributed by atoms with Crippen LogP contribution in [0.25, 0.3) is 0 Å². The maximum Gasteiger partial charge on any atom is 0.0684 e. The Kier molecular flexibility index (Phi) is 3.03. The van der Waals surface area contributed by atoms with Crippen molar-refractivity contribution in [2.24, 2.45) is 0 Å². The lowest BCUT2D eigenvalue weighted by Gasteiger charge is -2.29. The van der Waals surface area contributed by atoms with Crippen LogP contribution < -0.4 is 5.32 Å². The van der Waals surface area contributed by atoms with E-state index in [4.69, 9.17) is 0 Å². The first-order valence-electron chi connectivity index (χ1n) is 6.73. The lowest BCUT2D eigenvalue weighted by atomic mass is 9.96. The molecule has 19 heavy (non-hydrogen) atoms. The van der Waals surface area contributed by atoms with Crippen molar-refractivity contribution in [1.82, 2.24) is 0 Å². The summed E-state index contributed by atoms with van der Waals surface area (Å²) in [4.78, 5) is 0. The molecule has 0 aromatic heterocycles. The summed E-state index contributed by atoms with van der Waals surface area (Å²) in [7, 11) is 0. The second kappa shape index (κ2) is 4.71. The Hall–Kier alpha value is -1.80. The quantitative estimate of drug-likeness (QED) is 0.881. The largest absolute Gasteiger partial charge is 0.394 e. The van der Waals surface area contributed by atoms with Crippen LogP contribution in [-0.2, 0) is 12.8 Å². The van der Waals surface area contributed by atoms with Crippen LogP contribution in [0.1, 0.15) is 16.7 Å². The third-order valence-corrected chi connectivity index (χ3v) is 3.94. The summed E-state index contributed by atoms with van der Waals surface area (Å²) in [6.07, 6.45) is 1.76. The highest BCUT2D eigenvalue weighted by Crippen LogP contribution is 2.32. The molecular formula is C17H19NO. The molecule has 0 saturated carbocycles. The van der Waals surface area contributed by atoms with Crippen LogP contribution >= 0.6 is 0 Å². The summed E-state index contributed by atoms with van der Waals surface area (Å²) in [6.45, 7) is 2.23. The van der Waals surface area contributed by atoms with Crippen LogP contribution in [-0.4, -0.2) is 17.3 Å². The number of nitrogens with one attached hydrogen (secondary N) is 1. The van der Waals surface area contributed by atoms with E-state index in [1.54, 1.807) is 0 Å². The monoisotopic (exact) mass is 253 g/mol. The Bertz CT molecular complexity index is 549. The van der Waals surface area contributed by atoms with Crippen molar-refractivity contribution in [3.63, 3.8) is 0 Å². The Labute approximate surface area is 114 Å². The smallest absolute Gasteiger partial charge is 0.0684 e. The van der Waals surface area contributed by atoms with Crippen molar-refractivity contribution in [3.8, 4) is 0 Å². The van der Waals surface area contributed by atoms with Gasteiger partial charge in [0, 0.05) is 5.69 Å². The van der Waals surface area contributed by atoms with Gasteiger partial charge in [-0.2, -0.15) is 0 Å². The second-order valence-corrected chi connectivity index (χ2v) is 5.55. The zero-order valence-corrected chi connectivity index (χ0v) is 11.2. The van der Waals surface area contributed by atoms with Crippen LogP contribution in [0.5, 0.6) is 0 Å². The van der Waals surface area contributed by atoms with Crippen molar-refractivity contribution in [3.05, 3.63) is 65.2 Å². The van der Waals surface area contributed by atoms with Gasteiger partial charge in [-0.05, 0) is 43.0 Å². The SMILES string of the molecule is Cc1ccc(NC2(CO)Cc3ccccc3C2)cc1. The van der Waals surface area contributed by atoms with Gasteiger partial charge in [0.05, 0.1) is 12.1 Å². The minimum Gasteiger partial charge on any atom is -0.394 e. The molecule has 0 aliphatic heterocycles. The van der Waals surface area contributed by atoms with Gasteiger partial charge in [0.25, 0.3) is 0 Å². The molecule has 2 aromatic rings. The molecule has 2 aromatic carbocycles. The molecular weight excluding hydrogens is 234 g/mol. The van der Waals surface area contributed by atoms with Gasteiger partial charge in [0.1, 0.15) is 0 Å². The van der Waals surface area contributed by atoms with Crippen molar-refractivity contribution in [2.45, 2.75) is 25.3 Å². The molecule has 0 heterocycles. The van der Waals surface area contributed by atoms with E-state index in [1.807, 2.05) is 0 Å². The molecule has 0 bridgehead atoms. The molecule has 0 fully saturated rings. The Balaban J connectivity index is 1.84. The van der Waals surface area contributed by atoms with Crippen LogP contribution in [0.4, 0.5) is 5.69 Å². The summed E-state index contributed by atoms with van der Waals surface area (Å²) in [5.41, 5.74) is 4.76. The first-order valence-corrected chi connectivity index (χ1v) is 6.73. The average molecular weight is 253 g/mol. The standard InChI is InChI=1S/C17H19NO/c1-13-6-8-16(9-7-13)18-17(12-19)10-14-4-2-3-5-15(14)11-17/h2-9,18-19H,10-12H2,1H3. The fourth-order valence-electron chi connectivity index (χ4n) is 2.88. The summed E-state index contributed by atoms with van der Waals surface area (Å²) < 4.78 is 0. The van der Waals surface area contributed by atoms with E-state index in [0.29, 0.717) is 0 Å².